The summed E-state index contributed by atoms with van der Waals surface area (Å²) >= 11 is 1.97. The van der Waals surface area contributed by atoms with E-state index in [1.807, 2.05) is 24.0 Å². The molecule has 1 aliphatic rings. The van der Waals surface area contributed by atoms with Crippen LogP contribution < -0.4 is 5.73 Å². The fourth-order valence-electron chi connectivity index (χ4n) is 3.05. The Bertz CT molecular complexity index is 599. The summed E-state index contributed by atoms with van der Waals surface area (Å²) < 4.78 is 2.41. The zero-order valence-electron chi connectivity index (χ0n) is 11.5. The molecule has 0 unspecified atom stereocenters. The minimum Gasteiger partial charge on any atom is -0.369 e. The Balaban J connectivity index is 2.05. The van der Waals surface area contributed by atoms with Gasteiger partial charge < -0.3 is 5.73 Å². The molecule has 1 saturated carbocycles. The summed E-state index contributed by atoms with van der Waals surface area (Å²) in [6, 6.07) is 1.99. The minimum atomic E-state index is 0.313. The van der Waals surface area contributed by atoms with E-state index >= 15 is 0 Å². The van der Waals surface area contributed by atoms with E-state index in [4.69, 9.17) is 5.73 Å². The van der Waals surface area contributed by atoms with Gasteiger partial charge >= 0.3 is 0 Å². The number of thioether (sulfide) groups is 1. The molecule has 0 bridgehead atoms. The number of fused-ring (bicyclic) bond motifs is 1. The summed E-state index contributed by atoms with van der Waals surface area (Å²) in [7, 11) is 0. The summed E-state index contributed by atoms with van der Waals surface area (Å²) in [6.45, 7) is 2.98. The molecule has 0 aromatic carbocycles. The fourth-order valence-corrected chi connectivity index (χ4v) is 4.00. The van der Waals surface area contributed by atoms with Gasteiger partial charge in [-0.25, -0.2) is 9.97 Å². The van der Waals surface area contributed by atoms with E-state index in [1.54, 1.807) is 0 Å². The predicted octanol–water partition coefficient (Wildman–Crippen LogP) is 3.00. The number of hydrogen-bond donors (Lipinski definition) is 1. The number of anilines is 1. The van der Waals surface area contributed by atoms with Crippen molar-refractivity contribution in [2.75, 3.05) is 12.0 Å². The van der Waals surface area contributed by atoms with Crippen molar-refractivity contribution in [3.8, 4) is 0 Å². The van der Waals surface area contributed by atoms with Crippen molar-refractivity contribution in [3.05, 3.63) is 17.8 Å². The number of aromatic nitrogens is 3. The number of aryl methyl sites for hydroxylation is 1. The molecule has 2 heterocycles. The zero-order valence-corrected chi connectivity index (χ0v) is 12.3. The molecule has 4 nitrogen and oxygen atoms in total. The highest BCUT2D eigenvalue weighted by Gasteiger charge is 2.34. The Morgan fingerprint density at radius 1 is 1.42 bits per heavy atom. The van der Waals surface area contributed by atoms with Gasteiger partial charge in [-0.15, -0.1) is 0 Å². The number of imidazole rings is 1. The first-order valence-electron chi connectivity index (χ1n) is 6.78. The van der Waals surface area contributed by atoms with E-state index in [-0.39, 0.29) is 0 Å². The van der Waals surface area contributed by atoms with Crippen LogP contribution in [0.2, 0.25) is 0 Å². The van der Waals surface area contributed by atoms with E-state index in [9.17, 15) is 0 Å². The Labute approximate surface area is 117 Å². The lowest BCUT2D eigenvalue weighted by molar-refractivity contribution is 0.516. The molecule has 1 fully saturated rings. The van der Waals surface area contributed by atoms with Gasteiger partial charge in [-0.1, -0.05) is 12.8 Å². The highest BCUT2D eigenvalue weighted by molar-refractivity contribution is 8.00. The molecule has 0 spiro atoms. The molecule has 3 rings (SSSR count). The summed E-state index contributed by atoms with van der Waals surface area (Å²) in [5, 5.41) is 0. The van der Waals surface area contributed by atoms with Crippen molar-refractivity contribution in [3.63, 3.8) is 0 Å². The highest BCUT2D eigenvalue weighted by atomic mass is 32.2. The van der Waals surface area contributed by atoms with Gasteiger partial charge in [0.25, 0.3) is 0 Å². The van der Waals surface area contributed by atoms with Gasteiger partial charge in [0.05, 0.1) is 0 Å². The standard InChI is InChI=1S/C14H20N4S/c1-10-5-8-16-12-11(10)17-13(15)18(12)9-14(19-2)6-3-4-7-14/h5,8H,3-4,6-7,9H2,1-2H3,(H2,15,17). The number of nitrogens with zero attached hydrogens (tertiary/aromatic N) is 3. The van der Waals surface area contributed by atoms with Crippen LogP contribution in [-0.2, 0) is 6.54 Å². The highest BCUT2D eigenvalue weighted by Crippen LogP contribution is 2.42. The van der Waals surface area contributed by atoms with Crippen molar-refractivity contribution >= 4 is 28.9 Å². The Hall–Kier alpha value is -1.23. The van der Waals surface area contributed by atoms with Crippen LogP contribution in [0.3, 0.4) is 0 Å². The molecule has 2 aromatic rings. The Kier molecular flexibility index (Phi) is 3.17. The maximum atomic E-state index is 6.12. The van der Waals surface area contributed by atoms with Crippen molar-refractivity contribution in [2.24, 2.45) is 0 Å². The number of nitrogens with two attached hydrogens (primary N) is 1. The first-order valence-corrected chi connectivity index (χ1v) is 8.00. The van der Waals surface area contributed by atoms with Crippen LogP contribution in [0.4, 0.5) is 5.95 Å². The molecule has 102 valence electrons. The number of nitrogen functional groups attached to an aromatic ring is 1. The summed E-state index contributed by atoms with van der Waals surface area (Å²) in [5.74, 6) is 0.595. The SMILES string of the molecule is CSC1(Cn2c(N)nc3c(C)ccnc32)CCCC1. The molecular weight excluding hydrogens is 256 g/mol. The molecule has 0 amide bonds. The molecule has 0 atom stereocenters. The quantitative estimate of drug-likeness (QED) is 0.936. The Morgan fingerprint density at radius 3 is 2.84 bits per heavy atom. The molecule has 2 N–H and O–H groups in total. The van der Waals surface area contributed by atoms with Crippen LogP contribution in [-0.4, -0.2) is 25.5 Å². The molecule has 0 radical (unpaired) electrons. The van der Waals surface area contributed by atoms with Crippen molar-refractivity contribution in [1.29, 1.82) is 0 Å². The van der Waals surface area contributed by atoms with Crippen LogP contribution >= 0.6 is 11.8 Å². The molecular formula is C14H20N4S. The third kappa shape index (κ3) is 2.10. The molecule has 0 saturated heterocycles. The number of pyridine rings is 1. The lowest BCUT2D eigenvalue weighted by atomic mass is 10.1. The van der Waals surface area contributed by atoms with E-state index in [0.717, 1.165) is 23.3 Å². The van der Waals surface area contributed by atoms with Gasteiger partial charge in [-0.05, 0) is 37.7 Å². The van der Waals surface area contributed by atoms with Crippen molar-refractivity contribution in [1.82, 2.24) is 14.5 Å². The second-order valence-corrected chi connectivity index (χ2v) is 6.72. The largest absolute Gasteiger partial charge is 0.369 e. The monoisotopic (exact) mass is 276 g/mol. The van der Waals surface area contributed by atoms with E-state index in [2.05, 4.69) is 27.7 Å². The van der Waals surface area contributed by atoms with Crippen molar-refractivity contribution in [2.45, 2.75) is 43.9 Å². The molecule has 2 aromatic heterocycles. The van der Waals surface area contributed by atoms with Crippen molar-refractivity contribution < 1.29 is 0 Å². The lowest BCUT2D eigenvalue weighted by Crippen LogP contribution is -2.27. The van der Waals surface area contributed by atoms with E-state index < -0.39 is 0 Å². The first-order chi connectivity index (χ1) is 9.15. The fraction of sp³-hybridized carbons (Fsp3) is 0.571. The summed E-state index contributed by atoms with van der Waals surface area (Å²) in [5.41, 5.74) is 9.12. The molecule has 19 heavy (non-hydrogen) atoms. The summed E-state index contributed by atoms with van der Waals surface area (Å²) in [4.78, 5) is 8.97. The predicted molar refractivity (Wildman–Crippen MR) is 81.4 cm³/mol. The Morgan fingerprint density at radius 2 is 2.16 bits per heavy atom. The third-order valence-corrected chi connectivity index (χ3v) is 5.66. The van der Waals surface area contributed by atoms with Crippen LogP contribution in [0.25, 0.3) is 11.2 Å². The van der Waals surface area contributed by atoms with Crippen LogP contribution in [0.15, 0.2) is 12.3 Å². The smallest absolute Gasteiger partial charge is 0.202 e. The maximum Gasteiger partial charge on any atom is 0.202 e. The maximum absolute atomic E-state index is 6.12. The van der Waals surface area contributed by atoms with Crippen LogP contribution in [0.1, 0.15) is 31.2 Å². The van der Waals surface area contributed by atoms with E-state index in [0.29, 0.717) is 10.7 Å². The van der Waals surface area contributed by atoms with Gasteiger partial charge in [0.15, 0.2) is 5.65 Å². The molecule has 0 aliphatic heterocycles. The van der Waals surface area contributed by atoms with Crippen LogP contribution in [0, 0.1) is 6.92 Å². The second-order valence-electron chi connectivity index (χ2n) is 5.45. The van der Waals surface area contributed by atoms with Gasteiger partial charge in [-0.3, -0.25) is 4.57 Å². The first kappa shape index (κ1) is 12.8. The number of hydrogen-bond acceptors (Lipinski definition) is 4. The van der Waals surface area contributed by atoms with Gasteiger partial charge in [0.2, 0.25) is 5.95 Å². The second kappa shape index (κ2) is 4.71. The summed E-state index contributed by atoms with van der Waals surface area (Å²) in [6.07, 6.45) is 9.22. The zero-order chi connectivity index (χ0) is 13.5. The normalized spacial score (nSPS) is 18.2. The third-order valence-electron chi connectivity index (χ3n) is 4.26. The minimum absolute atomic E-state index is 0.313. The topological polar surface area (TPSA) is 56.7 Å². The average molecular weight is 276 g/mol. The van der Waals surface area contributed by atoms with Crippen LogP contribution in [0.5, 0.6) is 0 Å². The van der Waals surface area contributed by atoms with Gasteiger partial charge in [0, 0.05) is 17.5 Å². The van der Waals surface area contributed by atoms with E-state index in [1.165, 1.54) is 25.7 Å². The number of rotatable bonds is 3. The van der Waals surface area contributed by atoms with Gasteiger partial charge in [-0.2, -0.15) is 11.8 Å². The average Bonchev–Trinajstić information content (AvgIpc) is 2.99. The molecule has 1 aliphatic carbocycles. The van der Waals surface area contributed by atoms with Gasteiger partial charge in [0.1, 0.15) is 5.52 Å². The molecule has 5 heteroatoms. The lowest BCUT2D eigenvalue weighted by Gasteiger charge is -2.27.